The fourth-order valence-corrected chi connectivity index (χ4v) is 6.95. The van der Waals surface area contributed by atoms with Crippen LogP contribution in [0.1, 0.15) is 69.7 Å². The van der Waals surface area contributed by atoms with E-state index in [-0.39, 0.29) is 42.4 Å². The molecule has 200 valence electrons. The van der Waals surface area contributed by atoms with Crippen LogP contribution in [-0.4, -0.2) is 45.5 Å². The first kappa shape index (κ1) is 29.2. The molecule has 1 heterocycles. The maximum atomic E-state index is 12.4. The van der Waals surface area contributed by atoms with Gasteiger partial charge in [-0.1, -0.05) is 63.9 Å². The molecule has 0 saturated heterocycles. The second-order valence-electron chi connectivity index (χ2n) is 10.3. The maximum Gasteiger partial charge on any atom is 0.279 e. The minimum absolute atomic E-state index is 0. The summed E-state index contributed by atoms with van der Waals surface area (Å²) in [5.41, 5.74) is 3.99. The van der Waals surface area contributed by atoms with E-state index >= 15 is 0 Å². The molecular formula is C27H39Cl2N3O3S. The van der Waals surface area contributed by atoms with Crippen molar-refractivity contribution in [3.8, 4) is 5.75 Å². The van der Waals surface area contributed by atoms with Crippen LogP contribution in [0.2, 0.25) is 5.02 Å². The summed E-state index contributed by atoms with van der Waals surface area (Å²) in [5, 5.41) is 4.63. The number of fused-ring (bicyclic) bond motifs is 1. The smallest absolute Gasteiger partial charge is 0.279 e. The van der Waals surface area contributed by atoms with Gasteiger partial charge in [0.2, 0.25) is 0 Å². The van der Waals surface area contributed by atoms with Crippen LogP contribution < -0.4 is 14.8 Å². The van der Waals surface area contributed by atoms with E-state index < -0.39 is 10.2 Å². The molecule has 1 atom stereocenters. The molecule has 6 nitrogen and oxygen atoms in total. The van der Waals surface area contributed by atoms with E-state index in [9.17, 15) is 8.42 Å². The molecule has 0 spiro atoms. The largest absolute Gasteiger partial charge is 0.492 e. The Hall–Kier alpha value is -1.35. The zero-order valence-corrected chi connectivity index (χ0v) is 24.0. The van der Waals surface area contributed by atoms with E-state index in [2.05, 4.69) is 48.2 Å². The molecule has 2 N–H and O–H groups in total. The third kappa shape index (κ3) is 5.71. The van der Waals surface area contributed by atoms with Crippen LogP contribution in [0.25, 0.3) is 0 Å². The molecule has 0 aromatic heterocycles. The van der Waals surface area contributed by atoms with Crippen molar-refractivity contribution in [1.29, 1.82) is 0 Å². The molecule has 1 aliphatic heterocycles. The van der Waals surface area contributed by atoms with Gasteiger partial charge in [-0.25, -0.2) is 0 Å². The number of hydrogen-bond acceptors (Lipinski definition) is 4. The summed E-state index contributed by atoms with van der Waals surface area (Å²) in [4.78, 5) is 0. The lowest BCUT2D eigenvalue weighted by Gasteiger charge is -2.53. The Bertz CT molecular complexity index is 1130. The van der Waals surface area contributed by atoms with Gasteiger partial charge in [0.25, 0.3) is 10.2 Å². The minimum Gasteiger partial charge on any atom is -0.492 e. The van der Waals surface area contributed by atoms with Gasteiger partial charge in [0, 0.05) is 48.1 Å². The SMILES string of the molecule is CCN(CC)S(=O)(=O)NCCOc1ccc2c(c1)C(C1(c3ccc(Cl)cc3)CCC1)NCC2(C)C.Cl. The molecule has 1 saturated carbocycles. The van der Waals surface area contributed by atoms with E-state index in [1.807, 2.05) is 32.0 Å². The van der Waals surface area contributed by atoms with Crippen LogP contribution in [-0.2, 0) is 21.0 Å². The van der Waals surface area contributed by atoms with Crippen molar-refractivity contribution in [2.45, 2.75) is 63.8 Å². The first-order chi connectivity index (χ1) is 16.6. The molecule has 1 aliphatic carbocycles. The van der Waals surface area contributed by atoms with E-state index in [0.29, 0.717) is 13.1 Å². The van der Waals surface area contributed by atoms with Gasteiger partial charge >= 0.3 is 0 Å². The lowest BCUT2D eigenvalue weighted by Crippen LogP contribution is -2.53. The van der Waals surface area contributed by atoms with Gasteiger partial charge in [0.15, 0.2) is 0 Å². The average Bonchev–Trinajstić information content (AvgIpc) is 2.79. The fraction of sp³-hybridized carbons (Fsp3) is 0.556. The highest BCUT2D eigenvalue weighted by atomic mass is 35.5. The molecule has 4 rings (SSSR count). The van der Waals surface area contributed by atoms with E-state index in [1.165, 1.54) is 27.4 Å². The van der Waals surface area contributed by atoms with Crippen molar-refractivity contribution in [2.75, 3.05) is 32.8 Å². The Morgan fingerprint density at radius 1 is 1.11 bits per heavy atom. The van der Waals surface area contributed by atoms with Gasteiger partial charge in [-0.05, 0) is 53.8 Å². The Morgan fingerprint density at radius 2 is 1.78 bits per heavy atom. The summed E-state index contributed by atoms with van der Waals surface area (Å²) in [6.07, 6.45) is 3.47. The van der Waals surface area contributed by atoms with Crippen molar-refractivity contribution in [3.63, 3.8) is 0 Å². The van der Waals surface area contributed by atoms with Crippen molar-refractivity contribution in [2.24, 2.45) is 0 Å². The molecule has 36 heavy (non-hydrogen) atoms. The zero-order valence-electron chi connectivity index (χ0n) is 21.6. The summed E-state index contributed by atoms with van der Waals surface area (Å²) in [5.74, 6) is 0.765. The summed E-state index contributed by atoms with van der Waals surface area (Å²) < 4.78 is 34.8. The Morgan fingerprint density at radius 3 is 2.36 bits per heavy atom. The number of nitrogens with one attached hydrogen (secondary N) is 2. The minimum atomic E-state index is -3.48. The highest BCUT2D eigenvalue weighted by molar-refractivity contribution is 7.87. The van der Waals surface area contributed by atoms with Gasteiger partial charge < -0.3 is 10.1 Å². The molecule has 0 bridgehead atoms. The third-order valence-corrected chi connectivity index (χ3v) is 9.75. The zero-order chi connectivity index (χ0) is 25.3. The van der Waals surface area contributed by atoms with E-state index in [1.54, 1.807) is 0 Å². The molecule has 0 amide bonds. The fourth-order valence-electron chi connectivity index (χ4n) is 5.62. The normalized spacial score (nSPS) is 20.2. The second kappa shape index (κ2) is 11.6. The molecule has 2 aromatic carbocycles. The summed E-state index contributed by atoms with van der Waals surface area (Å²) >= 11 is 6.19. The van der Waals surface area contributed by atoms with Crippen molar-refractivity contribution < 1.29 is 13.2 Å². The van der Waals surface area contributed by atoms with Crippen LogP contribution in [0.4, 0.5) is 0 Å². The Labute approximate surface area is 227 Å². The Balaban J connectivity index is 0.00000361. The quantitative estimate of drug-likeness (QED) is 0.387. The molecule has 2 aliphatic rings. The number of benzene rings is 2. The maximum absolute atomic E-state index is 12.4. The van der Waals surface area contributed by atoms with Gasteiger partial charge in [0.1, 0.15) is 12.4 Å². The molecule has 1 unspecified atom stereocenters. The molecule has 1 fully saturated rings. The second-order valence-corrected chi connectivity index (χ2v) is 12.5. The summed E-state index contributed by atoms with van der Waals surface area (Å²) in [7, 11) is -3.48. The number of hydrogen-bond donors (Lipinski definition) is 2. The number of ether oxygens (including phenoxy) is 1. The summed E-state index contributed by atoms with van der Waals surface area (Å²) in [6.45, 7) is 10.5. The highest BCUT2D eigenvalue weighted by Gasteiger charge is 2.49. The van der Waals surface area contributed by atoms with Crippen molar-refractivity contribution in [3.05, 3.63) is 64.2 Å². The van der Waals surface area contributed by atoms with Crippen LogP contribution >= 0.6 is 24.0 Å². The topological polar surface area (TPSA) is 70.7 Å². The molecule has 9 heteroatoms. The molecule has 0 radical (unpaired) electrons. The first-order valence-electron chi connectivity index (χ1n) is 12.6. The monoisotopic (exact) mass is 555 g/mol. The van der Waals surface area contributed by atoms with Crippen molar-refractivity contribution >= 4 is 34.2 Å². The number of rotatable bonds is 10. The standard InChI is InChI=1S/C27H38ClN3O3S.ClH/c1-5-31(6-2)35(32,33)30-16-17-34-22-12-13-24-23(18-22)25(29-19-26(24,3)4)27(14-7-15-27)20-8-10-21(28)11-9-20;/h8-13,18,25,29-30H,5-7,14-17,19H2,1-4H3;1H. The molecular weight excluding hydrogens is 517 g/mol. The van der Waals surface area contributed by atoms with E-state index in [4.69, 9.17) is 16.3 Å². The van der Waals surface area contributed by atoms with Gasteiger partial charge in [0.05, 0.1) is 0 Å². The van der Waals surface area contributed by atoms with Crippen molar-refractivity contribution in [1.82, 2.24) is 14.3 Å². The van der Waals surface area contributed by atoms with Crippen LogP contribution in [0.15, 0.2) is 42.5 Å². The lowest BCUT2D eigenvalue weighted by molar-refractivity contribution is 0.153. The van der Waals surface area contributed by atoms with Gasteiger partial charge in [-0.15, -0.1) is 12.4 Å². The summed E-state index contributed by atoms with van der Waals surface area (Å²) in [6, 6.07) is 14.9. The average molecular weight is 557 g/mol. The van der Waals surface area contributed by atoms with Gasteiger partial charge in [-0.2, -0.15) is 17.4 Å². The van der Waals surface area contributed by atoms with Gasteiger partial charge in [-0.3, -0.25) is 0 Å². The number of halogens is 2. The van der Waals surface area contributed by atoms with E-state index in [0.717, 1.165) is 30.2 Å². The predicted molar refractivity (Wildman–Crippen MR) is 150 cm³/mol. The van der Waals surface area contributed by atoms with Crippen LogP contribution in [0.5, 0.6) is 5.75 Å². The van der Waals surface area contributed by atoms with Crippen LogP contribution in [0.3, 0.4) is 0 Å². The highest BCUT2D eigenvalue weighted by Crippen LogP contribution is 2.55. The third-order valence-electron chi connectivity index (χ3n) is 7.73. The van der Waals surface area contributed by atoms with Crippen LogP contribution in [0, 0.1) is 0 Å². The number of nitrogens with zero attached hydrogens (tertiary/aromatic N) is 1. The first-order valence-corrected chi connectivity index (χ1v) is 14.5. The predicted octanol–water partition coefficient (Wildman–Crippen LogP) is 5.36. The lowest BCUT2D eigenvalue weighted by atomic mass is 9.56. The molecule has 2 aromatic rings. The Kier molecular flexibility index (Phi) is 9.40.